The molecule has 0 bridgehead atoms. The Morgan fingerprint density at radius 3 is 2.44 bits per heavy atom. The molecule has 3 heteroatoms. The predicted molar refractivity (Wildman–Crippen MR) is 78.5 cm³/mol. The van der Waals surface area contributed by atoms with E-state index in [1.807, 2.05) is 38.1 Å². The van der Waals surface area contributed by atoms with Crippen LogP contribution >= 0.6 is 15.9 Å². The zero-order chi connectivity index (χ0) is 13.3. The third kappa shape index (κ3) is 2.57. The van der Waals surface area contributed by atoms with E-state index in [-0.39, 0.29) is 0 Å². The molecule has 0 amide bonds. The fourth-order valence-electron chi connectivity index (χ4n) is 2.08. The Morgan fingerprint density at radius 1 is 1.06 bits per heavy atom. The van der Waals surface area contributed by atoms with Gasteiger partial charge in [0.1, 0.15) is 6.10 Å². The van der Waals surface area contributed by atoms with Crippen molar-refractivity contribution >= 4 is 21.6 Å². The number of aliphatic hydroxyl groups is 1. The van der Waals surface area contributed by atoms with Crippen LogP contribution in [0.1, 0.15) is 28.4 Å². The number of nitrogen functional groups attached to an aromatic ring is 1. The molecule has 2 rings (SSSR count). The summed E-state index contributed by atoms with van der Waals surface area (Å²) in [6.07, 6.45) is -0.692. The van der Waals surface area contributed by atoms with E-state index in [0.29, 0.717) is 5.69 Å². The van der Waals surface area contributed by atoms with E-state index < -0.39 is 6.10 Å². The smallest absolute Gasteiger partial charge is 0.106 e. The normalized spacial score (nSPS) is 12.4. The van der Waals surface area contributed by atoms with Gasteiger partial charge in [0.05, 0.1) is 0 Å². The van der Waals surface area contributed by atoms with Gasteiger partial charge in [0.2, 0.25) is 0 Å². The number of rotatable bonds is 2. The molecule has 2 nitrogen and oxygen atoms in total. The van der Waals surface area contributed by atoms with Gasteiger partial charge in [-0.1, -0.05) is 39.7 Å². The van der Waals surface area contributed by atoms with Crippen LogP contribution in [0.2, 0.25) is 0 Å². The van der Waals surface area contributed by atoms with Crippen LogP contribution in [0.5, 0.6) is 0 Å². The number of halogens is 1. The molecule has 0 aromatic heterocycles. The Labute approximate surface area is 116 Å². The number of anilines is 1. The quantitative estimate of drug-likeness (QED) is 0.831. The first kappa shape index (κ1) is 13.1. The van der Waals surface area contributed by atoms with Gasteiger partial charge in [0, 0.05) is 15.7 Å². The highest BCUT2D eigenvalue weighted by atomic mass is 79.9. The maximum atomic E-state index is 10.5. The highest BCUT2D eigenvalue weighted by molar-refractivity contribution is 9.10. The first-order chi connectivity index (χ1) is 8.49. The highest BCUT2D eigenvalue weighted by Crippen LogP contribution is 2.31. The second-order valence-corrected chi connectivity index (χ2v) is 5.45. The van der Waals surface area contributed by atoms with Crippen LogP contribution in [0.3, 0.4) is 0 Å². The van der Waals surface area contributed by atoms with Gasteiger partial charge in [0.25, 0.3) is 0 Å². The zero-order valence-corrected chi connectivity index (χ0v) is 12.0. The van der Waals surface area contributed by atoms with Gasteiger partial charge in [-0.25, -0.2) is 0 Å². The molecular formula is C15H16BrNO. The first-order valence-electron chi connectivity index (χ1n) is 5.79. The lowest BCUT2D eigenvalue weighted by Crippen LogP contribution is -2.05. The average Bonchev–Trinajstić information content (AvgIpc) is 2.31. The van der Waals surface area contributed by atoms with Gasteiger partial charge in [-0.2, -0.15) is 0 Å². The van der Waals surface area contributed by atoms with Crippen molar-refractivity contribution in [2.24, 2.45) is 0 Å². The molecule has 0 saturated carbocycles. The van der Waals surface area contributed by atoms with Gasteiger partial charge in [-0.15, -0.1) is 0 Å². The topological polar surface area (TPSA) is 46.2 Å². The van der Waals surface area contributed by atoms with Gasteiger partial charge in [0.15, 0.2) is 0 Å². The van der Waals surface area contributed by atoms with Crippen molar-refractivity contribution in [2.75, 3.05) is 5.73 Å². The SMILES string of the molecule is Cc1ccc(C(O)c2cc(Br)ccc2N)c(C)c1. The standard InChI is InChI=1S/C15H16BrNO/c1-9-3-5-12(10(2)7-9)15(18)13-8-11(16)4-6-14(13)17/h3-8,15,18H,17H2,1-2H3. The van der Waals surface area contributed by atoms with Crippen LogP contribution < -0.4 is 5.73 Å². The molecule has 0 aliphatic carbocycles. The van der Waals surface area contributed by atoms with Crippen molar-refractivity contribution in [3.05, 3.63) is 63.1 Å². The predicted octanol–water partition coefficient (Wildman–Crippen LogP) is 3.73. The van der Waals surface area contributed by atoms with E-state index in [1.165, 1.54) is 5.56 Å². The molecule has 2 aromatic rings. The Morgan fingerprint density at radius 2 is 1.78 bits per heavy atom. The molecule has 3 N–H and O–H groups in total. The third-order valence-corrected chi connectivity index (χ3v) is 3.56. The fourth-order valence-corrected chi connectivity index (χ4v) is 2.46. The number of aliphatic hydroxyl groups excluding tert-OH is 1. The molecule has 0 aliphatic rings. The Hall–Kier alpha value is -1.32. The van der Waals surface area contributed by atoms with Gasteiger partial charge in [-0.05, 0) is 43.2 Å². The lowest BCUT2D eigenvalue weighted by atomic mass is 9.95. The van der Waals surface area contributed by atoms with E-state index >= 15 is 0 Å². The fraction of sp³-hybridized carbons (Fsp3) is 0.200. The summed E-state index contributed by atoms with van der Waals surface area (Å²) in [4.78, 5) is 0. The number of aryl methyl sites for hydroxylation is 2. The maximum absolute atomic E-state index is 10.5. The van der Waals surface area contributed by atoms with Crippen molar-refractivity contribution in [2.45, 2.75) is 20.0 Å². The van der Waals surface area contributed by atoms with E-state index in [0.717, 1.165) is 21.2 Å². The van der Waals surface area contributed by atoms with Gasteiger partial charge in [-0.3, -0.25) is 0 Å². The summed E-state index contributed by atoms with van der Waals surface area (Å²) in [7, 11) is 0. The van der Waals surface area contributed by atoms with Crippen molar-refractivity contribution in [3.8, 4) is 0 Å². The molecule has 94 valence electrons. The van der Waals surface area contributed by atoms with Crippen LogP contribution in [0.15, 0.2) is 40.9 Å². The van der Waals surface area contributed by atoms with Crippen molar-refractivity contribution in [3.63, 3.8) is 0 Å². The molecule has 1 atom stereocenters. The minimum absolute atomic E-state index is 0.602. The van der Waals surface area contributed by atoms with E-state index in [4.69, 9.17) is 5.73 Å². The molecule has 1 unspecified atom stereocenters. The second kappa shape index (κ2) is 5.12. The largest absolute Gasteiger partial charge is 0.398 e. The summed E-state index contributed by atoms with van der Waals surface area (Å²) in [5.41, 5.74) is 10.4. The Bertz CT molecular complexity index is 581. The van der Waals surface area contributed by atoms with E-state index in [9.17, 15) is 5.11 Å². The maximum Gasteiger partial charge on any atom is 0.106 e. The zero-order valence-electron chi connectivity index (χ0n) is 10.4. The minimum Gasteiger partial charge on any atom is -0.398 e. The number of nitrogens with two attached hydrogens (primary N) is 1. The Kier molecular flexibility index (Phi) is 3.73. The summed E-state index contributed by atoms with van der Waals surface area (Å²) in [6.45, 7) is 4.04. The number of hydrogen-bond donors (Lipinski definition) is 2. The summed E-state index contributed by atoms with van der Waals surface area (Å²) in [5, 5.41) is 10.5. The molecular weight excluding hydrogens is 290 g/mol. The van der Waals surface area contributed by atoms with E-state index in [2.05, 4.69) is 22.0 Å². The van der Waals surface area contributed by atoms with Gasteiger partial charge >= 0.3 is 0 Å². The summed E-state index contributed by atoms with van der Waals surface area (Å²) in [6, 6.07) is 11.5. The molecule has 18 heavy (non-hydrogen) atoms. The lowest BCUT2D eigenvalue weighted by molar-refractivity contribution is 0.220. The minimum atomic E-state index is -0.692. The molecule has 2 aromatic carbocycles. The monoisotopic (exact) mass is 305 g/mol. The molecule has 0 fully saturated rings. The van der Waals surface area contributed by atoms with E-state index in [1.54, 1.807) is 6.07 Å². The molecule has 0 aliphatic heterocycles. The van der Waals surface area contributed by atoms with Crippen LogP contribution in [-0.4, -0.2) is 5.11 Å². The molecule has 0 spiro atoms. The molecule has 0 heterocycles. The highest BCUT2D eigenvalue weighted by Gasteiger charge is 2.15. The van der Waals surface area contributed by atoms with Crippen molar-refractivity contribution in [1.82, 2.24) is 0 Å². The summed E-state index contributed by atoms with van der Waals surface area (Å²) in [5.74, 6) is 0. The molecule has 0 radical (unpaired) electrons. The average molecular weight is 306 g/mol. The summed E-state index contributed by atoms with van der Waals surface area (Å²) >= 11 is 3.40. The second-order valence-electron chi connectivity index (χ2n) is 4.54. The number of benzene rings is 2. The van der Waals surface area contributed by atoms with Crippen molar-refractivity contribution in [1.29, 1.82) is 0 Å². The first-order valence-corrected chi connectivity index (χ1v) is 6.58. The van der Waals surface area contributed by atoms with Crippen LogP contribution in [0.25, 0.3) is 0 Å². The van der Waals surface area contributed by atoms with Crippen LogP contribution in [0, 0.1) is 13.8 Å². The van der Waals surface area contributed by atoms with Crippen LogP contribution in [-0.2, 0) is 0 Å². The Balaban J connectivity index is 2.47. The van der Waals surface area contributed by atoms with Crippen LogP contribution in [0.4, 0.5) is 5.69 Å². The summed E-state index contributed by atoms with van der Waals surface area (Å²) < 4.78 is 0.913. The number of hydrogen-bond acceptors (Lipinski definition) is 2. The third-order valence-electron chi connectivity index (χ3n) is 3.06. The molecule has 0 saturated heterocycles. The van der Waals surface area contributed by atoms with Crippen molar-refractivity contribution < 1.29 is 5.11 Å². The van der Waals surface area contributed by atoms with Gasteiger partial charge < -0.3 is 10.8 Å². The lowest BCUT2D eigenvalue weighted by Gasteiger charge is -2.17.